The summed E-state index contributed by atoms with van der Waals surface area (Å²) in [4.78, 5) is 24.5. The SMILES string of the molecule is Cc1cc(C(=O)NCCC(=O)NC2CCCC2)c(C)n1-c1ccc(F)cc1. The van der Waals surface area contributed by atoms with Crippen molar-refractivity contribution in [2.45, 2.75) is 52.0 Å². The smallest absolute Gasteiger partial charge is 0.253 e. The van der Waals surface area contributed by atoms with Crippen molar-refractivity contribution in [2.24, 2.45) is 0 Å². The van der Waals surface area contributed by atoms with E-state index in [1.165, 1.54) is 25.0 Å². The molecular weight excluding hydrogens is 345 g/mol. The number of carbonyl (C=O) groups excluding carboxylic acids is 2. The van der Waals surface area contributed by atoms with Gasteiger partial charge in [-0.15, -0.1) is 0 Å². The maximum atomic E-state index is 13.2. The fraction of sp³-hybridized carbons (Fsp3) is 0.429. The predicted molar refractivity (Wildman–Crippen MR) is 103 cm³/mol. The van der Waals surface area contributed by atoms with Crippen LogP contribution in [-0.4, -0.2) is 29.0 Å². The van der Waals surface area contributed by atoms with Crippen molar-refractivity contribution in [3.05, 3.63) is 53.1 Å². The first-order valence-electron chi connectivity index (χ1n) is 9.48. The maximum absolute atomic E-state index is 13.2. The van der Waals surface area contributed by atoms with Gasteiger partial charge in [0.1, 0.15) is 5.82 Å². The highest BCUT2D eigenvalue weighted by Crippen LogP contribution is 2.21. The number of hydrogen-bond acceptors (Lipinski definition) is 2. The molecule has 6 heteroatoms. The molecule has 0 aliphatic heterocycles. The number of carbonyl (C=O) groups is 2. The van der Waals surface area contributed by atoms with E-state index >= 15 is 0 Å². The monoisotopic (exact) mass is 371 g/mol. The molecule has 27 heavy (non-hydrogen) atoms. The first kappa shape index (κ1) is 19.1. The van der Waals surface area contributed by atoms with Crippen molar-refractivity contribution in [1.82, 2.24) is 15.2 Å². The van der Waals surface area contributed by atoms with Gasteiger partial charge in [0.15, 0.2) is 0 Å². The summed E-state index contributed by atoms with van der Waals surface area (Å²) >= 11 is 0. The lowest BCUT2D eigenvalue weighted by atomic mass is 10.2. The highest BCUT2D eigenvalue weighted by molar-refractivity contribution is 5.96. The number of benzene rings is 1. The van der Waals surface area contributed by atoms with E-state index in [1.54, 1.807) is 12.1 Å². The average Bonchev–Trinajstić information content (AvgIpc) is 3.24. The highest BCUT2D eigenvalue weighted by atomic mass is 19.1. The zero-order valence-corrected chi connectivity index (χ0v) is 15.8. The number of nitrogens with one attached hydrogen (secondary N) is 2. The van der Waals surface area contributed by atoms with E-state index in [4.69, 9.17) is 0 Å². The van der Waals surface area contributed by atoms with Crippen LogP contribution in [-0.2, 0) is 4.79 Å². The maximum Gasteiger partial charge on any atom is 0.253 e. The molecule has 1 saturated carbocycles. The molecule has 3 rings (SSSR count). The Bertz CT molecular complexity index is 821. The summed E-state index contributed by atoms with van der Waals surface area (Å²) < 4.78 is 15.1. The molecule has 2 N–H and O–H groups in total. The van der Waals surface area contributed by atoms with Crippen LogP contribution in [0.15, 0.2) is 30.3 Å². The Balaban J connectivity index is 1.59. The van der Waals surface area contributed by atoms with E-state index in [9.17, 15) is 14.0 Å². The molecule has 0 spiro atoms. The Morgan fingerprint density at radius 3 is 2.48 bits per heavy atom. The third-order valence-corrected chi connectivity index (χ3v) is 5.12. The normalized spacial score (nSPS) is 14.3. The molecule has 0 atom stereocenters. The number of amides is 2. The summed E-state index contributed by atoms with van der Waals surface area (Å²) in [5, 5.41) is 5.84. The third kappa shape index (κ3) is 4.56. The Hall–Kier alpha value is -2.63. The van der Waals surface area contributed by atoms with Gasteiger partial charge in [-0.3, -0.25) is 9.59 Å². The van der Waals surface area contributed by atoms with E-state index in [1.807, 2.05) is 24.5 Å². The lowest BCUT2D eigenvalue weighted by Gasteiger charge is -2.12. The van der Waals surface area contributed by atoms with Gasteiger partial charge in [-0.2, -0.15) is 0 Å². The molecule has 0 saturated heterocycles. The van der Waals surface area contributed by atoms with E-state index in [0.29, 0.717) is 18.2 Å². The summed E-state index contributed by atoms with van der Waals surface area (Å²) in [7, 11) is 0. The standard InChI is InChI=1S/C21H26FN3O2/c1-14-13-19(15(2)25(14)18-9-7-16(22)8-10-18)21(27)23-12-11-20(26)24-17-5-3-4-6-17/h7-10,13,17H,3-6,11-12H2,1-2H3,(H,23,27)(H,24,26). The van der Waals surface area contributed by atoms with Gasteiger partial charge in [0.25, 0.3) is 5.91 Å². The molecule has 5 nitrogen and oxygen atoms in total. The number of nitrogens with zero attached hydrogens (tertiary/aromatic N) is 1. The Labute approximate surface area is 159 Å². The molecule has 1 aliphatic carbocycles. The number of rotatable bonds is 6. The predicted octanol–water partition coefficient (Wildman–Crippen LogP) is 3.41. The zero-order valence-electron chi connectivity index (χ0n) is 15.8. The molecule has 1 aromatic carbocycles. The van der Waals surface area contributed by atoms with E-state index in [0.717, 1.165) is 29.9 Å². The summed E-state index contributed by atoms with van der Waals surface area (Å²) in [5.41, 5.74) is 3.05. The van der Waals surface area contributed by atoms with Crippen LogP contribution in [0.5, 0.6) is 0 Å². The average molecular weight is 371 g/mol. The molecule has 1 aromatic heterocycles. The summed E-state index contributed by atoms with van der Waals surface area (Å²) in [6.07, 6.45) is 4.72. The first-order chi connectivity index (χ1) is 13.0. The Morgan fingerprint density at radius 1 is 1.15 bits per heavy atom. The number of aromatic nitrogens is 1. The van der Waals surface area contributed by atoms with E-state index < -0.39 is 0 Å². The van der Waals surface area contributed by atoms with Gasteiger partial charge in [0.2, 0.25) is 5.91 Å². The van der Waals surface area contributed by atoms with Crippen LogP contribution < -0.4 is 10.6 Å². The van der Waals surface area contributed by atoms with Gasteiger partial charge in [0.05, 0.1) is 5.56 Å². The van der Waals surface area contributed by atoms with Crippen LogP contribution in [0.1, 0.15) is 53.8 Å². The second-order valence-corrected chi connectivity index (χ2v) is 7.15. The third-order valence-electron chi connectivity index (χ3n) is 5.12. The van der Waals surface area contributed by atoms with Gasteiger partial charge in [0, 0.05) is 36.1 Å². The number of halogens is 1. The molecule has 144 valence electrons. The van der Waals surface area contributed by atoms with Gasteiger partial charge in [-0.1, -0.05) is 12.8 Å². The summed E-state index contributed by atoms with van der Waals surface area (Å²) in [6.45, 7) is 4.07. The summed E-state index contributed by atoms with van der Waals surface area (Å²) in [6, 6.07) is 8.28. The first-order valence-corrected chi connectivity index (χ1v) is 9.48. The molecule has 2 amide bonds. The highest BCUT2D eigenvalue weighted by Gasteiger charge is 2.18. The summed E-state index contributed by atoms with van der Waals surface area (Å²) in [5.74, 6) is -0.515. The minimum atomic E-state index is -0.296. The van der Waals surface area contributed by atoms with Crippen LogP contribution in [0, 0.1) is 19.7 Å². The molecule has 1 heterocycles. The Morgan fingerprint density at radius 2 is 1.81 bits per heavy atom. The Kier molecular flexibility index (Phi) is 5.94. The van der Waals surface area contributed by atoms with Crippen molar-refractivity contribution >= 4 is 11.8 Å². The van der Waals surface area contributed by atoms with Gasteiger partial charge in [-0.25, -0.2) is 4.39 Å². The van der Waals surface area contributed by atoms with E-state index in [2.05, 4.69) is 10.6 Å². The minimum absolute atomic E-state index is 0.0148. The topological polar surface area (TPSA) is 63.1 Å². The van der Waals surface area contributed by atoms with Crippen molar-refractivity contribution in [2.75, 3.05) is 6.54 Å². The quantitative estimate of drug-likeness (QED) is 0.817. The molecule has 1 fully saturated rings. The second-order valence-electron chi connectivity index (χ2n) is 7.15. The van der Waals surface area contributed by atoms with Crippen LogP contribution in [0.2, 0.25) is 0 Å². The fourth-order valence-electron chi connectivity index (χ4n) is 3.73. The number of aryl methyl sites for hydroxylation is 1. The van der Waals surface area contributed by atoms with Crippen LogP contribution in [0.25, 0.3) is 5.69 Å². The van der Waals surface area contributed by atoms with Crippen molar-refractivity contribution in [3.8, 4) is 5.69 Å². The van der Waals surface area contributed by atoms with Gasteiger partial charge in [-0.05, 0) is 57.0 Å². The molecule has 0 unspecified atom stereocenters. The number of hydrogen-bond donors (Lipinski definition) is 2. The van der Waals surface area contributed by atoms with Crippen molar-refractivity contribution in [1.29, 1.82) is 0 Å². The largest absolute Gasteiger partial charge is 0.353 e. The van der Waals surface area contributed by atoms with Crippen molar-refractivity contribution < 1.29 is 14.0 Å². The van der Waals surface area contributed by atoms with Crippen LogP contribution in [0.4, 0.5) is 4.39 Å². The lowest BCUT2D eigenvalue weighted by molar-refractivity contribution is -0.121. The van der Waals surface area contributed by atoms with Crippen molar-refractivity contribution in [3.63, 3.8) is 0 Å². The van der Waals surface area contributed by atoms with Gasteiger partial charge >= 0.3 is 0 Å². The lowest BCUT2D eigenvalue weighted by Crippen LogP contribution is -2.35. The molecule has 0 radical (unpaired) electrons. The molecule has 2 aromatic rings. The second kappa shape index (κ2) is 8.37. The molecule has 0 bridgehead atoms. The zero-order chi connectivity index (χ0) is 19.4. The molecule has 1 aliphatic rings. The minimum Gasteiger partial charge on any atom is -0.353 e. The van der Waals surface area contributed by atoms with Crippen LogP contribution in [0.3, 0.4) is 0 Å². The fourth-order valence-corrected chi connectivity index (χ4v) is 3.73. The van der Waals surface area contributed by atoms with Gasteiger partial charge < -0.3 is 15.2 Å². The molecular formula is C21H26FN3O2. The van der Waals surface area contributed by atoms with Crippen LogP contribution >= 0.6 is 0 Å². The van der Waals surface area contributed by atoms with E-state index in [-0.39, 0.29) is 24.1 Å².